The van der Waals surface area contributed by atoms with Crippen molar-refractivity contribution in [3.63, 3.8) is 0 Å². The molecule has 162 valence electrons. The van der Waals surface area contributed by atoms with Gasteiger partial charge in [-0.2, -0.15) is 5.10 Å². The molecule has 2 aliphatic heterocycles. The van der Waals surface area contributed by atoms with Crippen molar-refractivity contribution >= 4 is 16.8 Å². The van der Waals surface area contributed by atoms with Gasteiger partial charge in [0.1, 0.15) is 0 Å². The number of nitrogens with zero attached hydrogens (tertiary/aromatic N) is 5. The van der Waals surface area contributed by atoms with Crippen molar-refractivity contribution in [2.45, 2.75) is 44.6 Å². The third-order valence-electron chi connectivity index (χ3n) is 6.81. The highest BCUT2D eigenvalue weighted by molar-refractivity contribution is 6.07. The van der Waals surface area contributed by atoms with Crippen molar-refractivity contribution < 1.29 is 4.79 Å². The van der Waals surface area contributed by atoms with Gasteiger partial charge in [-0.15, -0.1) is 0 Å². The van der Waals surface area contributed by atoms with Gasteiger partial charge in [0.05, 0.1) is 23.0 Å². The van der Waals surface area contributed by atoms with Crippen LogP contribution >= 0.6 is 0 Å². The van der Waals surface area contributed by atoms with Crippen LogP contribution in [0.2, 0.25) is 0 Å². The first-order valence-corrected chi connectivity index (χ1v) is 11.6. The molecule has 0 saturated carbocycles. The van der Waals surface area contributed by atoms with Gasteiger partial charge in [0.2, 0.25) is 0 Å². The van der Waals surface area contributed by atoms with E-state index in [1.54, 1.807) is 4.68 Å². The number of hydrogen-bond acceptors (Lipinski definition) is 4. The number of aromatic nitrogens is 3. The fourth-order valence-electron chi connectivity index (χ4n) is 5.11. The average molecular weight is 418 g/mol. The highest BCUT2D eigenvalue weighted by Crippen LogP contribution is 2.29. The minimum Gasteiger partial charge on any atom is -0.336 e. The molecule has 6 nitrogen and oxygen atoms in total. The zero-order chi connectivity index (χ0) is 21.2. The van der Waals surface area contributed by atoms with Crippen LogP contribution in [0.15, 0.2) is 42.7 Å². The Kier molecular flexibility index (Phi) is 5.72. The maximum Gasteiger partial charge on any atom is 0.254 e. The molecule has 5 rings (SSSR count). The zero-order valence-electron chi connectivity index (χ0n) is 18.3. The smallest absolute Gasteiger partial charge is 0.254 e. The highest BCUT2D eigenvalue weighted by atomic mass is 16.2. The fourth-order valence-corrected chi connectivity index (χ4v) is 5.11. The first kappa shape index (κ1) is 20.2. The summed E-state index contributed by atoms with van der Waals surface area (Å²) in [6.07, 6.45) is 10.9. The van der Waals surface area contributed by atoms with Crippen LogP contribution in [0, 0.1) is 0 Å². The summed E-state index contributed by atoms with van der Waals surface area (Å²) in [4.78, 5) is 23.4. The Morgan fingerprint density at radius 2 is 1.90 bits per heavy atom. The monoisotopic (exact) mass is 417 g/mol. The van der Waals surface area contributed by atoms with E-state index in [1.165, 1.54) is 32.4 Å². The van der Waals surface area contributed by atoms with E-state index < -0.39 is 0 Å². The van der Waals surface area contributed by atoms with Crippen LogP contribution in [0.1, 0.15) is 48.9 Å². The number of amides is 1. The Bertz CT molecular complexity index is 1070. The van der Waals surface area contributed by atoms with Crippen molar-refractivity contribution in [2.75, 3.05) is 26.2 Å². The standard InChI is InChI=1S/C25H31N5O/c1-28-18-19(17-26-28)24-16-22(21-9-2-3-10-23(21)27-24)25(31)30-14-5-4-8-20(30)11-15-29-12-6-7-13-29/h2-3,9-10,16-18,20H,4-8,11-15H2,1H3/t20-/m0/s1. The molecule has 6 heteroatoms. The van der Waals surface area contributed by atoms with E-state index in [-0.39, 0.29) is 5.91 Å². The van der Waals surface area contributed by atoms with Gasteiger partial charge >= 0.3 is 0 Å². The number of aryl methyl sites for hydroxylation is 1. The molecule has 31 heavy (non-hydrogen) atoms. The van der Waals surface area contributed by atoms with Crippen molar-refractivity contribution in [1.82, 2.24) is 24.6 Å². The first-order chi connectivity index (χ1) is 15.2. The number of carbonyl (C=O) groups excluding carboxylic acids is 1. The number of carbonyl (C=O) groups is 1. The second-order valence-corrected chi connectivity index (χ2v) is 8.96. The van der Waals surface area contributed by atoms with Crippen LogP contribution in [0.5, 0.6) is 0 Å². The zero-order valence-corrected chi connectivity index (χ0v) is 18.3. The molecule has 2 aromatic heterocycles. The van der Waals surface area contributed by atoms with E-state index in [2.05, 4.69) is 14.9 Å². The molecule has 0 unspecified atom stereocenters. The van der Waals surface area contributed by atoms with Crippen LogP contribution < -0.4 is 0 Å². The number of fused-ring (bicyclic) bond motifs is 1. The molecular weight excluding hydrogens is 386 g/mol. The molecule has 1 amide bonds. The molecule has 0 N–H and O–H groups in total. The lowest BCUT2D eigenvalue weighted by Gasteiger charge is -2.37. The van der Waals surface area contributed by atoms with Gasteiger partial charge in [-0.3, -0.25) is 9.48 Å². The molecular formula is C25H31N5O. The third kappa shape index (κ3) is 4.22. The third-order valence-corrected chi connectivity index (χ3v) is 6.81. The summed E-state index contributed by atoms with van der Waals surface area (Å²) < 4.78 is 1.77. The van der Waals surface area contributed by atoms with Crippen molar-refractivity contribution in [3.05, 3.63) is 48.3 Å². The van der Waals surface area contributed by atoms with Gasteiger partial charge < -0.3 is 9.80 Å². The molecule has 0 spiro atoms. The maximum absolute atomic E-state index is 13.9. The van der Waals surface area contributed by atoms with E-state index in [0.29, 0.717) is 6.04 Å². The minimum absolute atomic E-state index is 0.148. The van der Waals surface area contributed by atoms with E-state index >= 15 is 0 Å². The van der Waals surface area contributed by atoms with Crippen molar-refractivity contribution in [1.29, 1.82) is 0 Å². The molecule has 0 aliphatic carbocycles. The van der Waals surface area contributed by atoms with Gasteiger partial charge in [-0.1, -0.05) is 18.2 Å². The number of likely N-dealkylation sites (tertiary alicyclic amines) is 2. The summed E-state index contributed by atoms with van der Waals surface area (Å²) >= 11 is 0. The molecule has 1 aromatic carbocycles. The van der Waals surface area contributed by atoms with E-state index in [9.17, 15) is 4.79 Å². The highest BCUT2D eigenvalue weighted by Gasteiger charge is 2.29. The SMILES string of the molecule is Cn1cc(-c2cc(C(=O)N3CCCC[C@H]3CCN3CCCC3)c3ccccc3n2)cn1. The Hall–Kier alpha value is -2.73. The number of para-hydroxylation sites is 1. The van der Waals surface area contributed by atoms with E-state index in [0.717, 1.165) is 60.1 Å². The first-order valence-electron chi connectivity index (χ1n) is 11.6. The summed E-state index contributed by atoms with van der Waals surface area (Å²) in [6.45, 7) is 4.38. The molecule has 0 radical (unpaired) electrons. The van der Waals surface area contributed by atoms with Crippen molar-refractivity contribution in [3.8, 4) is 11.3 Å². The Labute approximate surface area is 183 Å². The minimum atomic E-state index is 0.148. The topological polar surface area (TPSA) is 54.3 Å². The molecule has 2 fully saturated rings. The second-order valence-electron chi connectivity index (χ2n) is 8.96. The lowest BCUT2D eigenvalue weighted by Crippen LogP contribution is -2.45. The Morgan fingerprint density at radius 3 is 2.71 bits per heavy atom. The van der Waals surface area contributed by atoms with Gasteiger partial charge in [0, 0.05) is 43.3 Å². The van der Waals surface area contributed by atoms with Crippen LogP contribution in [0.4, 0.5) is 0 Å². The van der Waals surface area contributed by atoms with Crippen molar-refractivity contribution in [2.24, 2.45) is 7.05 Å². The number of rotatable bonds is 5. The Morgan fingerprint density at radius 1 is 1.10 bits per heavy atom. The van der Waals surface area contributed by atoms with Crippen LogP contribution in [-0.2, 0) is 7.05 Å². The summed E-state index contributed by atoms with van der Waals surface area (Å²) in [5, 5.41) is 5.22. The van der Waals surface area contributed by atoms with Crippen LogP contribution in [0.3, 0.4) is 0 Å². The molecule has 3 aromatic rings. The molecule has 0 bridgehead atoms. The van der Waals surface area contributed by atoms with E-state index in [4.69, 9.17) is 4.98 Å². The van der Waals surface area contributed by atoms with Gasteiger partial charge in [-0.05, 0) is 63.7 Å². The maximum atomic E-state index is 13.9. The number of pyridine rings is 1. The Balaban J connectivity index is 1.47. The number of benzene rings is 1. The normalized spacial score (nSPS) is 19.9. The average Bonchev–Trinajstić information content (AvgIpc) is 3.48. The summed E-state index contributed by atoms with van der Waals surface area (Å²) in [5.74, 6) is 0.148. The lowest BCUT2D eigenvalue weighted by atomic mass is 9.96. The summed E-state index contributed by atoms with van der Waals surface area (Å²) in [5.41, 5.74) is 3.36. The predicted octanol–water partition coefficient (Wildman–Crippen LogP) is 4.12. The molecule has 4 heterocycles. The summed E-state index contributed by atoms with van der Waals surface area (Å²) in [6, 6.07) is 10.3. The number of piperidine rings is 1. The molecule has 2 saturated heterocycles. The van der Waals surface area contributed by atoms with Crippen LogP contribution in [-0.4, -0.2) is 62.7 Å². The van der Waals surface area contributed by atoms with Gasteiger partial charge in [0.15, 0.2) is 0 Å². The largest absolute Gasteiger partial charge is 0.336 e. The van der Waals surface area contributed by atoms with Crippen LogP contribution in [0.25, 0.3) is 22.2 Å². The quantitative estimate of drug-likeness (QED) is 0.627. The van der Waals surface area contributed by atoms with E-state index in [1.807, 2.05) is 49.8 Å². The number of hydrogen-bond donors (Lipinski definition) is 0. The second kappa shape index (κ2) is 8.79. The lowest BCUT2D eigenvalue weighted by molar-refractivity contribution is 0.0590. The molecule has 2 aliphatic rings. The van der Waals surface area contributed by atoms with Gasteiger partial charge in [-0.25, -0.2) is 4.98 Å². The molecule has 1 atom stereocenters. The van der Waals surface area contributed by atoms with Gasteiger partial charge in [0.25, 0.3) is 5.91 Å². The fraction of sp³-hybridized carbons (Fsp3) is 0.480. The predicted molar refractivity (Wildman–Crippen MR) is 123 cm³/mol. The summed E-state index contributed by atoms with van der Waals surface area (Å²) in [7, 11) is 1.90.